The predicted octanol–water partition coefficient (Wildman–Crippen LogP) is 2.66. The normalized spacial score (nSPS) is 19.2. The Bertz CT molecular complexity index is 630. The van der Waals surface area contributed by atoms with Gasteiger partial charge in [0.15, 0.2) is 0 Å². The molecule has 3 rings (SSSR count). The van der Waals surface area contributed by atoms with Crippen molar-refractivity contribution < 1.29 is 19.1 Å². The third-order valence-corrected chi connectivity index (χ3v) is 5.23. The molecule has 2 fully saturated rings. The molecular weight excluding hydrogens is 332 g/mol. The Balaban J connectivity index is 1.61. The molecule has 26 heavy (non-hydrogen) atoms. The van der Waals surface area contributed by atoms with Crippen molar-refractivity contribution in [2.45, 2.75) is 51.2 Å². The maximum atomic E-state index is 12.9. The van der Waals surface area contributed by atoms with Crippen LogP contribution in [0.4, 0.5) is 4.79 Å². The zero-order valence-corrected chi connectivity index (χ0v) is 15.0. The van der Waals surface area contributed by atoms with Gasteiger partial charge in [0.05, 0.1) is 0 Å². The fourth-order valence-electron chi connectivity index (χ4n) is 3.70. The number of carbonyl (C=O) groups is 3. The Labute approximate surface area is 153 Å². The van der Waals surface area contributed by atoms with Crippen LogP contribution in [-0.2, 0) is 20.9 Å². The quantitative estimate of drug-likeness (QED) is 0.878. The van der Waals surface area contributed by atoms with E-state index in [1.807, 2.05) is 35.2 Å². The highest BCUT2D eigenvalue weighted by atomic mass is 16.5. The SMILES string of the molecule is O=C1CCC([C@H](NC(=O)OCc2ccccc2)C(=O)N2CCCC2)CC1. The van der Waals surface area contributed by atoms with E-state index in [4.69, 9.17) is 4.74 Å². The van der Waals surface area contributed by atoms with E-state index in [1.54, 1.807) is 0 Å². The number of nitrogens with zero attached hydrogens (tertiary/aromatic N) is 1. The summed E-state index contributed by atoms with van der Waals surface area (Å²) in [6.07, 6.45) is 3.66. The Morgan fingerprint density at radius 3 is 2.42 bits per heavy atom. The zero-order valence-electron chi connectivity index (χ0n) is 15.0. The molecule has 0 bridgehead atoms. The van der Waals surface area contributed by atoms with Gasteiger partial charge in [-0.15, -0.1) is 0 Å². The Kier molecular flexibility index (Phi) is 6.26. The number of ether oxygens (including phenoxy) is 1. The minimum atomic E-state index is -0.607. The summed E-state index contributed by atoms with van der Waals surface area (Å²) >= 11 is 0. The number of Topliss-reactive ketones (excluding diaryl/α,β-unsaturated/α-hetero) is 1. The Morgan fingerprint density at radius 2 is 1.77 bits per heavy atom. The van der Waals surface area contributed by atoms with E-state index >= 15 is 0 Å². The lowest BCUT2D eigenvalue weighted by Gasteiger charge is -2.32. The average Bonchev–Trinajstić information content (AvgIpc) is 3.20. The van der Waals surface area contributed by atoms with Crippen molar-refractivity contribution in [1.29, 1.82) is 0 Å². The van der Waals surface area contributed by atoms with Crippen molar-refractivity contribution in [2.24, 2.45) is 5.92 Å². The van der Waals surface area contributed by atoms with Crippen LogP contribution in [0.3, 0.4) is 0 Å². The van der Waals surface area contributed by atoms with Crippen LogP contribution < -0.4 is 5.32 Å². The standard InChI is InChI=1S/C20H26N2O4/c23-17-10-8-16(9-11-17)18(19(24)22-12-4-5-13-22)21-20(25)26-14-15-6-2-1-3-7-15/h1-3,6-7,16,18H,4-5,8-14H2,(H,21,25)/t18-/m0/s1. The van der Waals surface area contributed by atoms with Crippen LogP contribution in [0.5, 0.6) is 0 Å². The van der Waals surface area contributed by atoms with Crippen LogP contribution in [0.1, 0.15) is 44.1 Å². The predicted molar refractivity (Wildman–Crippen MR) is 96.3 cm³/mol. The van der Waals surface area contributed by atoms with Crippen molar-refractivity contribution in [3.05, 3.63) is 35.9 Å². The van der Waals surface area contributed by atoms with Crippen LogP contribution in [0.15, 0.2) is 30.3 Å². The molecule has 1 aliphatic heterocycles. The third-order valence-electron chi connectivity index (χ3n) is 5.23. The second-order valence-electron chi connectivity index (χ2n) is 7.09. The fraction of sp³-hybridized carbons (Fsp3) is 0.550. The number of alkyl carbamates (subject to hydrolysis) is 1. The second kappa shape index (κ2) is 8.83. The summed E-state index contributed by atoms with van der Waals surface area (Å²) in [7, 11) is 0. The van der Waals surface area contributed by atoms with Gasteiger partial charge in [0.1, 0.15) is 18.4 Å². The number of likely N-dealkylation sites (tertiary alicyclic amines) is 1. The van der Waals surface area contributed by atoms with E-state index in [9.17, 15) is 14.4 Å². The first-order valence-electron chi connectivity index (χ1n) is 9.41. The lowest BCUT2D eigenvalue weighted by molar-refractivity contribution is -0.135. The average molecular weight is 358 g/mol. The number of hydrogen-bond donors (Lipinski definition) is 1. The van der Waals surface area contributed by atoms with Crippen LogP contribution in [0.25, 0.3) is 0 Å². The summed E-state index contributed by atoms with van der Waals surface area (Å²) in [4.78, 5) is 38.5. The molecule has 1 aromatic rings. The highest BCUT2D eigenvalue weighted by molar-refractivity contribution is 5.87. The van der Waals surface area contributed by atoms with Gasteiger partial charge in [-0.2, -0.15) is 0 Å². The number of rotatable bonds is 5. The maximum absolute atomic E-state index is 12.9. The highest BCUT2D eigenvalue weighted by Crippen LogP contribution is 2.26. The maximum Gasteiger partial charge on any atom is 0.408 e. The smallest absolute Gasteiger partial charge is 0.408 e. The molecule has 0 spiro atoms. The molecule has 0 aromatic heterocycles. The van der Waals surface area contributed by atoms with Gasteiger partial charge in [-0.25, -0.2) is 4.79 Å². The number of amides is 2. The van der Waals surface area contributed by atoms with Gasteiger partial charge in [-0.3, -0.25) is 9.59 Å². The Hall–Kier alpha value is -2.37. The van der Waals surface area contributed by atoms with Crippen molar-refractivity contribution in [2.75, 3.05) is 13.1 Å². The number of hydrogen-bond acceptors (Lipinski definition) is 4. The minimum Gasteiger partial charge on any atom is -0.445 e. The summed E-state index contributed by atoms with van der Waals surface area (Å²) in [6.45, 7) is 1.64. The molecule has 1 N–H and O–H groups in total. The summed E-state index contributed by atoms with van der Waals surface area (Å²) in [5, 5.41) is 2.78. The molecule has 2 aliphatic rings. The zero-order chi connectivity index (χ0) is 18.4. The van der Waals surface area contributed by atoms with E-state index in [0.29, 0.717) is 25.7 Å². The monoisotopic (exact) mass is 358 g/mol. The van der Waals surface area contributed by atoms with E-state index < -0.39 is 12.1 Å². The van der Waals surface area contributed by atoms with E-state index in [1.165, 1.54) is 0 Å². The molecule has 0 unspecified atom stereocenters. The van der Waals surface area contributed by atoms with Gasteiger partial charge in [0.2, 0.25) is 5.91 Å². The van der Waals surface area contributed by atoms with Gasteiger partial charge in [-0.05, 0) is 37.2 Å². The molecule has 1 atom stereocenters. The number of ketones is 1. The van der Waals surface area contributed by atoms with Crippen LogP contribution in [-0.4, -0.2) is 41.8 Å². The highest BCUT2D eigenvalue weighted by Gasteiger charge is 2.36. The van der Waals surface area contributed by atoms with Crippen LogP contribution in [0.2, 0.25) is 0 Å². The van der Waals surface area contributed by atoms with Gasteiger partial charge in [0.25, 0.3) is 0 Å². The third kappa shape index (κ3) is 4.84. The molecule has 6 heteroatoms. The summed E-state index contributed by atoms with van der Waals surface area (Å²) in [6, 6.07) is 8.83. The summed E-state index contributed by atoms with van der Waals surface area (Å²) in [5.41, 5.74) is 0.897. The Morgan fingerprint density at radius 1 is 1.12 bits per heavy atom. The molecule has 1 saturated carbocycles. The number of benzene rings is 1. The van der Waals surface area contributed by atoms with Gasteiger partial charge in [-0.1, -0.05) is 30.3 Å². The summed E-state index contributed by atoms with van der Waals surface area (Å²) in [5.74, 6) is 0.184. The molecule has 1 aliphatic carbocycles. The summed E-state index contributed by atoms with van der Waals surface area (Å²) < 4.78 is 5.30. The van der Waals surface area contributed by atoms with Crippen LogP contribution in [0, 0.1) is 5.92 Å². The van der Waals surface area contributed by atoms with Gasteiger partial charge in [0, 0.05) is 25.9 Å². The van der Waals surface area contributed by atoms with Gasteiger partial charge >= 0.3 is 6.09 Å². The first kappa shape index (κ1) is 18.4. The minimum absolute atomic E-state index is 0.00919. The lowest BCUT2D eigenvalue weighted by Crippen LogP contribution is -2.52. The number of nitrogens with one attached hydrogen (secondary N) is 1. The molecule has 1 heterocycles. The molecule has 2 amide bonds. The first-order chi connectivity index (χ1) is 12.6. The van der Waals surface area contributed by atoms with Crippen molar-refractivity contribution in [1.82, 2.24) is 10.2 Å². The van der Waals surface area contributed by atoms with E-state index in [2.05, 4.69) is 5.32 Å². The molecule has 1 aromatic carbocycles. The molecule has 6 nitrogen and oxygen atoms in total. The largest absolute Gasteiger partial charge is 0.445 e. The molecule has 1 saturated heterocycles. The first-order valence-corrected chi connectivity index (χ1v) is 9.41. The van der Waals surface area contributed by atoms with Crippen molar-refractivity contribution in [3.8, 4) is 0 Å². The van der Waals surface area contributed by atoms with Crippen molar-refractivity contribution in [3.63, 3.8) is 0 Å². The topological polar surface area (TPSA) is 75.7 Å². The van der Waals surface area contributed by atoms with Crippen molar-refractivity contribution >= 4 is 17.8 Å². The lowest BCUT2D eigenvalue weighted by atomic mass is 9.82. The number of carbonyl (C=O) groups excluding carboxylic acids is 3. The fourth-order valence-corrected chi connectivity index (χ4v) is 3.70. The van der Waals surface area contributed by atoms with E-state index in [-0.39, 0.29) is 24.2 Å². The second-order valence-corrected chi connectivity index (χ2v) is 7.09. The van der Waals surface area contributed by atoms with Crippen LogP contribution >= 0.6 is 0 Å². The molecule has 0 radical (unpaired) electrons. The van der Waals surface area contributed by atoms with Gasteiger partial charge < -0.3 is 15.0 Å². The molecule has 140 valence electrons. The van der Waals surface area contributed by atoms with E-state index in [0.717, 1.165) is 31.5 Å². The molecular formula is C20H26N2O4.